The van der Waals surface area contributed by atoms with Crippen molar-refractivity contribution in [2.75, 3.05) is 0 Å². The third kappa shape index (κ3) is 4.66. The van der Waals surface area contributed by atoms with Crippen molar-refractivity contribution in [2.45, 2.75) is 27.2 Å². The van der Waals surface area contributed by atoms with Crippen LogP contribution in [0.1, 0.15) is 30.0 Å². The van der Waals surface area contributed by atoms with E-state index in [-0.39, 0.29) is 0 Å². The van der Waals surface area contributed by atoms with Crippen LogP contribution in [0.2, 0.25) is 0 Å². The Kier molecular flexibility index (Phi) is 6.92. The van der Waals surface area contributed by atoms with Gasteiger partial charge >= 0.3 is 0 Å². The lowest BCUT2D eigenvalue weighted by Crippen LogP contribution is -1.96. The minimum atomic E-state index is 0.847. The summed E-state index contributed by atoms with van der Waals surface area (Å²) in [4.78, 5) is 10.6. The van der Waals surface area contributed by atoms with E-state index < -0.39 is 0 Å². The molecule has 0 bridgehead atoms. The van der Waals surface area contributed by atoms with Crippen LogP contribution in [0.5, 0.6) is 0 Å². The lowest BCUT2D eigenvalue weighted by Gasteiger charge is -2.19. The molecular weight excluding hydrogens is 556 g/mol. The fourth-order valence-corrected chi connectivity index (χ4v) is 7.04. The fraction of sp³-hybridized carbons (Fsp3) is 0.0909. The Morgan fingerprint density at radius 1 is 0.652 bits per heavy atom. The minimum absolute atomic E-state index is 0.847. The standard InChI is InChI=1S/C44H34N2/c1-4-15-31-26-41-39(24-28(31)2)42-35-22-13-11-20-33(35)38(27-40(42)44(46-41)30-16-7-5-8-17-30)37-25-29(3)43(36-23-14-12-21-34(36)37)45-32-18-9-6-10-19-32/h4-18,20-27H,19H2,1-3H3/b15-4-,45-32-. The van der Waals surface area contributed by atoms with E-state index in [0.717, 1.165) is 40.0 Å². The fourth-order valence-electron chi connectivity index (χ4n) is 7.04. The maximum absolute atomic E-state index is 5.39. The largest absolute Gasteiger partial charge is 0.252 e. The molecule has 1 heterocycles. The van der Waals surface area contributed by atoms with E-state index in [1.807, 2.05) is 0 Å². The first kappa shape index (κ1) is 27.9. The lowest BCUT2D eigenvalue weighted by molar-refractivity contribution is 1.37. The first-order valence-electron chi connectivity index (χ1n) is 16.0. The molecule has 0 saturated heterocycles. The van der Waals surface area contributed by atoms with Crippen molar-refractivity contribution in [2.24, 2.45) is 4.99 Å². The molecule has 1 aliphatic carbocycles. The topological polar surface area (TPSA) is 25.2 Å². The van der Waals surface area contributed by atoms with E-state index in [9.17, 15) is 0 Å². The smallest absolute Gasteiger partial charge is 0.0788 e. The maximum Gasteiger partial charge on any atom is 0.0788 e. The number of pyridine rings is 1. The predicted octanol–water partition coefficient (Wildman–Crippen LogP) is 12.3. The molecule has 2 heteroatoms. The molecular formula is C44H34N2. The summed E-state index contributed by atoms with van der Waals surface area (Å²) in [5, 5.41) is 8.45. The summed E-state index contributed by atoms with van der Waals surface area (Å²) in [6.07, 6.45) is 13.6. The molecule has 0 unspecified atom stereocenters. The molecule has 0 saturated carbocycles. The van der Waals surface area contributed by atoms with Gasteiger partial charge in [0.25, 0.3) is 0 Å². The van der Waals surface area contributed by atoms with Crippen LogP contribution in [-0.2, 0) is 0 Å². The highest BCUT2D eigenvalue weighted by atomic mass is 14.8. The number of hydrogen-bond acceptors (Lipinski definition) is 2. The Morgan fingerprint density at radius 3 is 2.09 bits per heavy atom. The third-order valence-corrected chi connectivity index (χ3v) is 9.19. The first-order chi connectivity index (χ1) is 22.6. The van der Waals surface area contributed by atoms with Crippen LogP contribution in [0.3, 0.4) is 0 Å². The number of aromatic nitrogens is 1. The molecule has 1 aliphatic rings. The Morgan fingerprint density at radius 2 is 1.35 bits per heavy atom. The van der Waals surface area contributed by atoms with Gasteiger partial charge in [0.15, 0.2) is 0 Å². The van der Waals surface area contributed by atoms with Crippen molar-refractivity contribution >= 4 is 60.7 Å². The predicted molar refractivity (Wildman–Crippen MR) is 199 cm³/mol. The SMILES string of the molecule is C/C=C\c1cc2nc(-c3ccccc3)c3cc(-c4cc(C)c(/N=C5/C=CC=CC5)c5ccccc45)c4ccccc4c3c2cc1C. The second kappa shape index (κ2) is 11.4. The second-order valence-electron chi connectivity index (χ2n) is 12.2. The number of benzene rings is 6. The highest BCUT2D eigenvalue weighted by molar-refractivity contribution is 6.26. The van der Waals surface area contributed by atoms with Gasteiger partial charge in [0.1, 0.15) is 0 Å². The summed E-state index contributed by atoms with van der Waals surface area (Å²) < 4.78 is 0. The van der Waals surface area contributed by atoms with Crippen LogP contribution in [-0.4, -0.2) is 10.7 Å². The van der Waals surface area contributed by atoms with E-state index >= 15 is 0 Å². The van der Waals surface area contributed by atoms with E-state index in [1.54, 1.807) is 0 Å². The zero-order valence-corrected chi connectivity index (χ0v) is 26.4. The summed E-state index contributed by atoms with van der Waals surface area (Å²) in [5.41, 5.74) is 11.3. The van der Waals surface area contributed by atoms with Crippen molar-refractivity contribution in [3.63, 3.8) is 0 Å². The molecule has 1 aromatic heterocycles. The maximum atomic E-state index is 5.39. The van der Waals surface area contributed by atoms with Crippen molar-refractivity contribution in [3.8, 4) is 22.4 Å². The number of aliphatic imine (C=N–C) groups is 1. The summed E-state index contributed by atoms with van der Waals surface area (Å²) in [6, 6.07) is 37.5. The second-order valence-corrected chi connectivity index (χ2v) is 12.2. The monoisotopic (exact) mass is 590 g/mol. The number of fused-ring (bicyclic) bond motifs is 6. The first-order valence-corrected chi connectivity index (χ1v) is 16.0. The molecule has 8 rings (SSSR count). The quantitative estimate of drug-likeness (QED) is 0.187. The van der Waals surface area contributed by atoms with Crippen molar-refractivity contribution < 1.29 is 0 Å². The molecule has 0 fully saturated rings. The van der Waals surface area contributed by atoms with E-state index in [1.165, 1.54) is 60.1 Å². The van der Waals surface area contributed by atoms with Gasteiger partial charge in [-0.25, -0.2) is 4.98 Å². The highest BCUT2D eigenvalue weighted by Gasteiger charge is 2.19. The number of allylic oxidation sites excluding steroid dienone is 5. The van der Waals surface area contributed by atoms with Gasteiger partial charge in [-0.05, 0) is 95.1 Å². The Balaban J connectivity index is 1.50. The number of aryl methyl sites for hydroxylation is 2. The number of nitrogens with zero attached hydrogens (tertiary/aromatic N) is 2. The van der Waals surface area contributed by atoms with Crippen molar-refractivity contribution in [1.82, 2.24) is 4.98 Å². The van der Waals surface area contributed by atoms with Crippen molar-refractivity contribution in [3.05, 3.63) is 150 Å². The molecule has 0 spiro atoms. The third-order valence-electron chi connectivity index (χ3n) is 9.19. The van der Waals surface area contributed by atoms with Gasteiger partial charge < -0.3 is 0 Å². The van der Waals surface area contributed by atoms with Gasteiger partial charge in [0.05, 0.1) is 16.9 Å². The van der Waals surface area contributed by atoms with Gasteiger partial charge in [0, 0.05) is 39.2 Å². The summed E-state index contributed by atoms with van der Waals surface area (Å²) in [6.45, 7) is 6.45. The number of hydrogen-bond donors (Lipinski definition) is 0. The zero-order chi connectivity index (χ0) is 31.2. The van der Waals surface area contributed by atoms with Crippen LogP contribution in [0.4, 0.5) is 5.69 Å². The van der Waals surface area contributed by atoms with Crippen LogP contribution < -0.4 is 0 Å². The van der Waals surface area contributed by atoms with Crippen LogP contribution in [0.25, 0.3) is 71.7 Å². The van der Waals surface area contributed by atoms with E-state index in [0.29, 0.717) is 0 Å². The average molecular weight is 591 g/mol. The molecule has 2 nitrogen and oxygen atoms in total. The molecule has 0 aliphatic heterocycles. The van der Waals surface area contributed by atoms with E-state index in [4.69, 9.17) is 9.98 Å². The Bertz CT molecular complexity index is 2460. The zero-order valence-electron chi connectivity index (χ0n) is 26.4. The van der Waals surface area contributed by atoms with Crippen LogP contribution in [0.15, 0.2) is 139 Å². The van der Waals surface area contributed by atoms with E-state index in [2.05, 4.69) is 160 Å². The molecule has 0 radical (unpaired) electrons. The van der Waals surface area contributed by atoms with Crippen molar-refractivity contribution in [1.29, 1.82) is 0 Å². The van der Waals surface area contributed by atoms with Crippen LogP contribution >= 0.6 is 0 Å². The molecule has 220 valence electrons. The van der Waals surface area contributed by atoms with Gasteiger partial charge in [-0.15, -0.1) is 0 Å². The van der Waals surface area contributed by atoms with Gasteiger partial charge in [0.2, 0.25) is 0 Å². The molecule has 6 aromatic carbocycles. The lowest BCUT2D eigenvalue weighted by atomic mass is 9.87. The Hall–Kier alpha value is -5.60. The number of rotatable bonds is 4. The van der Waals surface area contributed by atoms with Gasteiger partial charge in [-0.3, -0.25) is 4.99 Å². The summed E-state index contributed by atoms with van der Waals surface area (Å²) in [7, 11) is 0. The minimum Gasteiger partial charge on any atom is -0.252 e. The Labute approximate surface area is 269 Å². The van der Waals surface area contributed by atoms with Gasteiger partial charge in [-0.2, -0.15) is 0 Å². The normalized spacial score (nSPS) is 14.1. The summed E-state index contributed by atoms with van der Waals surface area (Å²) >= 11 is 0. The van der Waals surface area contributed by atoms with Gasteiger partial charge in [-0.1, -0.05) is 109 Å². The molecule has 46 heavy (non-hydrogen) atoms. The highest BCUT2D eigenvalue weighted by Crippen LogP contribution is 2.45. The molecule has 0 atom stereocenters. The molecule has 0 N–H and O–H groups in total. The molecule has 7 aromatic rings. The molecule has 0 amide bonds. The summed E-state index contributed by atoms with van der Waals surface area (Å²) in [5.74, 6) is 0. The average Bonchev–Trinajstić information content (AvgIpc) is 3.10. The van der Waals surface area contributed by atoms with Crippen LogP contribution in [0, 0.1) is 13.8 Å².